The van der Waals surface area contributed by atoms with Gasteiger partial charge in [-0.05, 0) is 36.6 Å². The SMILES string of the molecule is CNCC(O)Cn1c(C)ncc(I)c1=O. The van der Waals surface area contributed by atoms with Crippen LogP contribution in [0, 0.1) is 10.5 Å². The van der Waals surface area contributed by atoms with Gasteiger partial charge in [0.25, 0.3) is 5.56 Å². The third kappa shape index (κ3) is 3.25. The number of aryl methyl sites for hydroxylation is 1. The topological polar surface area (TPSA) is 67.2 Å². The molecule has 1 aromatic heterocycles. The van der Waals surface area contributed by atoms with Crippen molar-refractivity contribution in [3.8, 4) is 0 Å². The molecule has 1 heterocycles. The lowest BCUT2D eigenvalue weighted by molar-refractivity contribution is 0.151. The van der Waals surface area contributed by atoms with Gasteiger partial charge in [-0.15, -0.1) is 0 Å². The smallest absolute Gasteiger partial charge is 0.267 e. The van der Waals surface area contributed by atoms with Gasteiger partial charge in [-0.2, -0.15) is 0 Å². The van der Waals surface area contributed by atoms with Crippen LogP contribution in [0.1, 0.15) is 5.82 Å². The zero-order valence-electron chi connectivity index (χ0n) is 8.70. The zero-order chi connectivity index (χ0) is 11.4. The highest BCUT2D eigenvalue weighted by Crippen LogP contribution is 1.98. The van der Waals surface area contributed by atoms with Gasteiger partial charge in [0, 0.05) is 12.7 Å². The Kier molecular flexibility index (Phi) is 4.68. The fourth-order valence-corrected chi connectivity index (χ4v) is 1.71. The third-order valence-electron chi connectivity index (χ3n) is 2.04. The normalized spacial score (nSPS) is 12.8. The maximum Gasteiger partial charge on any atom is 0.267 e. The molecule has 5 nitrogen and oxygen atoms in total. The summed E-state index contributed by atoms with van der Waals surface area (Å²) in [5.74, 6) is 0.621. The highest BCUT2D eigenvalue weighted by molar-refractivity contribution is 14.1. The summed E-state index contributed by atoms with van der Waals surface area (Å²) < 4.78 is 2.05. The average Bonchev–Trinajstić information content (AvgIpc) is 2.19. The quantitative estimate of drug-likeness (QED) is 0.749. The Hall–Kier alpha value is -0.470. The number of aromatic nitrogens is 2. The minimum Gasteiger partial charge on any atom is -0.390 e. The highest BCUT2D eigenvalue weighted by Gasteiger charge is 2.09. The molecule has 0 aliphatic rings. The molecule has 0 fully saturated rings. The second-order valence-corrected chi connectivity index (χ2v) is 4.44. The molecule has 0 saturated carbocycles. The number of nitrogens with zero attached hydrogens (tertiary/aromatic N) is 2. The van der Waals surface area contributed by atoms with Crippen molar-refractivity contribution in [2.45, 2.75) is 19.6 Å². The Labute approximate surface area is 102 Å². The number of halogens is 1. The van der Waals surface area contributed by atoms with E-state index in [1.165, 1.54) is 4.57 Å². The Morgan fingerprint density at radius 1 is 1.73 bits per heavy atom. The van der Waals surface area contributed by atoms with E-state index in [0.29, 0.717) is 15.9 Å². The Morgan fingerprint density at radius 2 is 2.40 bits per heavy atom. The van der Waals surface area contributed by atoms with Crippen LogP contribution in [0.25, 0.3) is 0 Å². The fourth-order valence-electron chi connectivity index (χ4n) is 1.28. The average molecular weight is 323 g/mol. The number of likely N-dealkylation sites (N-methyl/N-ethyl adjacent to an activating group) is 1. The van der Waals surface area contributed by atoms with Gasteiger partial charge in [0.1, 0.15) is 5.82 Å². The maximum atomic E-state index is 11.7. The Balaban J connectivity index is 2.94. The molecular formula is C9H14IN3O2. The van der Waals surface area contributed by atoms with Gasteiger partial charge in [0.2, 0.25) is 0 Å². The van der Waals surface area contributed by atoms with Crippen molar-refractivity contribution in [3.63, 3.8) is 0 Å². The minimum atomic E-state index is -0.577. The molecule has 1 rings (SSSR count). The van der Waals surface area contributed by atoms with Crippen molar-refractivity contribution >= 4 is 22.6 Å². The summed E-state index contributed by atoms with van der Waals surface area (Å²) >= 11 is 1.94. The molecule has 0 bridgehead atoms. The number of hydrogen-bond acceptors (Lipinski definition) is 4. The Bertz CT molecular complexity index is 391. The van der Waals surface area contributed by atoms with E-state index in [-0.39, 0.29) is 12.1 Å². The van der Waals surface area contributed by atoms with Gasteiger partial charge in [0.05, 0.1) is 16.2 Å². The summed E-state index contributed by atoms with van der Waals surface area (Å²) in [6, 6.07) is 0. The molecule has 1 unspecified atom stereocenters. The molecular weight excluding hydrogens is 309 g/mol. The molecule has 1 aromatic rings. The van der Waals surface area contributed by atoms with E-state index in [2.05, 4.69) is 10.3 Å². The maximum absolute atomic E-state index is 11.7. The molecule has 0 spiro atoms. The molecule has 0 aromatic carbocycles. The van der Waals surface area contributed by atoms with Crippen LogP contribution >= 0.6 is 22.6 Å². The monoisotopic (exact) mass is 323 g/mol. The van der Waals surface area contributed by atoms with Gasteiger partial charge < -0.3 is 10.4 Å². The number of aliphatic hydroxyl groups excluding tert-OH is 1. The molecule has 0 amide bonds. The highest BCUT2D eigenvalue weighted by atomic mass is 127. The van der Waals surface area contributed by atoms with Crippen LogP contribution in [0.15, 0.2) is 11.0 Å². The van der Waals surface area contributed by atoms with Crippen LogP contribution in [0.4, 0.5) is 0 Å². The van der Waals surface area contributed by atoms with Crippen molar-refractivity contribution in [2.75, 3.05) is 13.6 Å². The first-order valence-corrected chi connectivity index (χ1v) is 5.68. The second-order valence-electron chi connectivity index (χ2n) is 3.28. The largest absolute Gasteiger partial charge is 0.390 e. The first-order valence-electron chi connectivity index (χ1n) is 4.61. The minimum absolute atomic E-state index is 0.0988. The van der Waals surface area contributed by atoms with Gasteiger partial charge in [-0.25, -0.2) is 4.98 Å². The van der Waals surface area contributed by atoms with E-state index in [1.807, 2.05) is 22.6 Å². The van der Waals surface area contributed by atoms with Crippen LogP contribution < -0.4 is 10.9 Å². The van der Waals surface area contributed by atoms with E-state index in [9.17, 15) is 9.90 Å². The second kappa shape index (κ2) is 5.57. The molecule has 15 heavy (non-hydrogen) atoms. The lowest BCUT2D eigenvalue weighted by Crippen LogP contribution is -2.34. The first-order chi connectivity index (χ1) is 7.06. The van der Waals surface area contributed by atoms with Crippen LogP contribution in [-0.2, 0) is 6.54 Å². The number of aliphatic hydroxyl groups is 1. The molecule has 0 aliphatic carbocycles. The molecule has 1 atom stereocenters. The lowest BCUT2D eigenvalue weighted by atomic mass is 10.3. The third-order valence-corrected chi connectivity index (χ3v) is 2.78. The van der Waals surface area contributed by atoms with Crippen molar-refractivity contribution in [1.82, 2.24) is 14.9 Å². The van der Waals surface area contributed by atoms with Crippen LogP contribution in [0.5, 0.6) is 0 Å². The summed E-state index contributed by atoms with van der Waals surface area (Å²) in [4.78, 5) is 15.8. The van der Waals surface area contributed by atoms with Crippen LogP contribution in [0.2, 0.25) is 0 Å². The van der Waals surface area contributed by atoms with E-state index >= 15 is 0 Å². The molecule has 0 aliphatic heterocycles. The number of hydrogen-bond donors (Lipinski definition) is 2. The van der Waals surface area contributed by atoms with Gasteiger partial charge >= 0.3 is 0 Å². The zero-order valence-corrected chi connectivity index (χ0v) is 10.9. The molecule has 2 N–H and O–H groups in total. The molecule has 6 heteroatoms. The van der Waals surface area contributed by atoms with Crippen LogP contribution in [-0.4, -0.2) is 34.4 Å². The van der Waals surface area contributed by atoms with Crippen LogP contribution in [0.3, 0.4) is 0 Å². The van der Waals surface area contributed by atoms with E-state index in [0.717, 1.165) is 0 Å². The summed E-state index contributed by atoms with van der Waals surface area (Å²) in [6.07, 6.45) is 0.963. The molecule has 84 valence electrons. The molecule has 0 radical (unpaired) electrons. The van der Waals surface area contributed by atoms with E-state index in [4.69, 9.17) is 0 Å². The van der Waals surface area contributed by atoms with E-state index < -0.39 is 6.10 Å². The summed E-state index contributed by atoms with van der Waals surface area (Å²) in [5.41, 5.74) is -0.0988. The van der Waals surface area contributed by atoms with Gasteiger partial charge in [-0.1, -0.05) is 0 Å². The van der Waals surface area contributed by atoms with Gasteiger partial charge in [0.15, 0.2) is 0 Å². The Morgan fingerprint density at radius 3 is 3.00 bits per heavy atom. The number of rotatable bonds is 4. The lowest BCUT2D eigenvalue weighted by Gasteiger charge is -2.14. The van der Waals surface area contributed by atoms with Crippen molar-refractivity contribution < 1.29 is 5.11 Å². The van der Waals surface area contributed by atoms with Crippen molar-refractivity contribution in [2.24, 2.45) is 0 Å². The van der Waals surface area contributed by atoms with E-state index in [1.54, 1.807) is 20.2 Å². The summed E-state index contributed by atoms with van der Waals surface area (Å²) in [5, 5.41) is 12.4. The summed E-state index contributed by atoms with van der Waals surface area (Å²) in [7, 11) is 1.76. The fraction of sp³-hybridized carbons (Fsp3) is 0.556. The van der Waals surface area contributed by atoms with Gasteiger partial charge in [-0.3, -0.25) is 9.36 Å². The standard InChI is InChI=1S/C9H14IN3O2/c1-6-12-4-8(10)9(15)13(6)5-7(14)3-11-2/h4,7,11,14H,3,5H2,1-2H3. The predicted octanol–water partition coefficient (Wildman–Crippen LogP) is -0.263. The predicted molar refractivity (Wildman–Crippen MR) is 65.9 cm³/mol. The summed E-state index contributed by atoms with van der Waals surface area (Å²) in [6.45, 7) is 2.48. The first kappa shape index (κ1) is 12.6. The number of nitrogens with one attached hydrogen (secondary N) is 1. The molecule has 0 saturated heterocycles. The van der Waals surface area contributed by atoms with Crippen molar-refractivity contribution in [3.05, 3.63) is 25.9 Å². The van der Waals surface area contributed by atoms with Crippen molar-refractivity contribution in [1.29, 1.82) is 0 Å².